The Morgan fingerprint density at radius 3 is 2.71 bits per heavy atom. The van der Waals surface area contributed by atoms with E-state index in [2.05, 4.69) is 19.3 Å². The molecule has 0 bridgehead atoms. The van der Waals surface area contributed by atoms with E-state index >= 15 is 0 Å². The van der Waals surface area contributed by atoms with Gasteiger partial charge in [-0.25, -0.2) is 22.9 Å². The summed E-state index contributed by atoms with van der Waals surface area (Å²) in [6.07, 6.45) is 3.15. The van der Waals surface area contributed by atoms with Gasteiger partial charge in [-0.2, -0.15) is 0 Å². The third-order valence-electron chi connectivity index (χ3n) is 3.80. The van der Waals surface area contributed by atoms with Crippen LogP contribution in [0.2, 0.25) is 0 Å². The molecule has 24 heavy (non-hydrogen) atoms. The molecule has 3 rings (SSSR count). The second-order valence-electron chi connectivity index (χ2n) is 5.30. The average molecular weight is 388 g/mol. The number of rotatable bonds is 5. The maximum absolute atomic E-state index is 12.6. The normalized spacial score (nSPS) is 16.3. The van der Waals surface area contributed by atoms with Gasteiger partial charge in [-0.1, -0.05) is 0 Å². The van der Waals surface area contributed by atoms with Crippen molar-refractivity contribution in [3.05, 3.63) is 27.9 Å². The molecule has 7 nitrogen and oxygen atoms in total. The van der Waals surface area contributed by atoms with Gasteiger partial charge in [0.1, 0.15) is 9.77 Å². The van der Waals surface area contributed by atoms with Crippen molar-refractivity contribution < 1.29 is 17.9 Å². The highest BCUT2D eigenvalue weighted by molar-refractivity contribution is 7.89. The Balaban J connectivity index is 1.66. The van der Waals surface area contributed by atoms with E-state index in [1.165, 1.54) is 13.2 Å². The second-order valence-corrected chi connectivity index (χ2v) is 8.77. The number of thiophene rings is 1. The molecule has 2 aromatic heterocycles. The SMILES string of the molecule is COC(=O)c1sccc1S(=O)(=O)NC1CCN(c2nccs2)CC1. The van der Waals surface area contributed by atoms with Crippen LogP contribution in [0, 0.1) is 0 Å². The molecule has 2 aromatic rings. The summed E-state index contributed by atoms with van der Waals surface area (Å²) in [6, 6.07) is 1.28. The van der Waals surface area contributed by atoms with Gasteiger partial charge in [-0.05, 0) is 24.3 Å². The Hall–Kier alpha value is -1.49. The Morgan fingerprint density at radius 2 is 2.08 bits per heavy atom. The van der Waals surface area contributed by atoms with Crippen LogP contribution in [0.4, 0.5) is 5.13 Å². The number of hydrogen-bond donors (Lipinski definition) is 1. The van der Waals surface area contributed by atoms with Crippen LogP contribution in [0.5, 0.6) is 0 Å². The number of methoxy groups -OCH3 is 1. The number of ether oxygens (including phenoxy) is 1. The van der Waals surface area contributed by atoms with Gasteiger partial charge in [0.15, 0.2) is 5.13 Å². The third-order valence-corrected chi connectivity index (χ3v) is 7.21. The smallest absolute Gasteiger partial charge is 0.349 e. The van der Waals surface area contributed by atoms with Crippen LogP contribution in [0.25, 0.3) is 0 Å². The summed E-state index contributed by atoms with van der Waals surface area (Å²) < 4.78 is 32.5. The third kappa shape index (κ3) is 3.61. The first-order valence-electron chi connectivity index (χ1n) is 7.34. The fraction of sp³-hybridized carbons (Fsp3) is 0.429. The van der Waals surface area contributed by atoms with E-state index in [-0.39, 0.29) is 15.8 Å². The summed E-state index contributed by atoms with van der Waals surface area (Å²) in [7, 11) is -2.51. The molecule has 0 unspecified atom stereocenters. The van der Waals surface area contributed by atoms with Crippen LogP contribution in [-0.2, 0) is 14.8 Å². The zero-order chi connectivity index (χ0) is 17.2. The number of esters is 1. The molecule has 0 saturated carbocycles. The number of aromatic nitrogens is 1. The minimum Gasteiger partial charge on any atom is -0.465 e. The predicted molar refractivity (Wildman–Crippen MR) is 93.3 cm³/mol. The summed E-state index contributed by atoms with van der Waals surface area (Å²) >= 11 is 2.64. The van der Waals surface area contributed by atoms with Gasteiger partial charge in [0.2, 0.25) is 10.0 Å². The number of thiazole rings is 1. The lowest BCUT2D eigenvalue weighted by Crippen LogP contribution is -2.44. The highest BCUT2D eigenvalue weighted by atomic mass is 32.2. The molecule has 3 heterocycles. The number of carbonyl (C=O) groups excluding carboxylic acids is 1. The number of nitrogens with zero attached hydrogens (tertiary/aromatic N) is 2. The Bertz CT molecular complexity index is 793. The lowest BCUT2D eigenvalue weighted by molar-refractivity contribution is 0.0602. The van der Waals surface area contributed by atoms with E-state index in [1.807, 2.05) is 5.38 Å². The largest absolute Gasteiger partial charge is 0.465 e. The Labute approximate surface area is 148 Å². The average Bonchev–Trinajstić information content (AvgIpc) is 3.26. The number of anilines is 1. The fourth-order valence-corrected chi connectivity index (χ4v) is 5.93. The first-order chi connectivity index (χ1) is 11.5. The predicted octanol–water partition coefficient (Wildman–Crippen LogP) is 1.94. The van der Waals surface area contributed by atoms with Crippen molar-refractivity contribution in [1.29, 1.82) is 0 Å². The summed E-state index contributed by atoms with van der Waals surface area (Å²) in [4.78, 5) is 18.2. The van der Waals surface area contributed by atoms with E-state index in [9.17, 15) is 13.2 Å². The van der Waals surface area contributed by atoms with E-state index < -0.39 is 16.0 Å². The molecule has 0 atom stereocenters. The molecule has 1 N–H and O–H groups in total. The van der Waals surface area contributed by atoms with Crippen molar-refractivity contribution in [3.8, 4) is 0 Å². The van der Waals surface area contributed by atoms with Crippen LogP contribution in [0.3, 0.4) is 0 Å². The van der Waals surface area contributed by atoms with Crippen LogP contribution >= 0.6 is 22.7 Å². The number of sulfonamides is 1. The van der Waals surface area contributed by atoms with Gasteiger partial charge in [-0.15, -0.1) is 22.7 Å². The first kappa shape index (κ1) is 17.3. The Morgan fingerprint density at radius 1 is 1.33 bits per heavy atom. The zero-order valence-electron chi connectivity index (χ0n) is 13.0. The highest BCUT2D eigenvalue weighted by Gasteiger charge is 2.29. The second kappa shape index (κ2) is 7.18. The van der Waals surface area contributed by atoms with E-state index in [1.54, 1.807) is 22.9 Å². The fourth-order valence-electron chi connectivity index (χ4n) is 2.59. The molecule has 0 aliphatic carbocycles. The lowest BCUT2D eigenvalue weighted by atomic mass is 10.1. The molecular formula is C14H17N3O4S3. The van der Waals surface area contributed by atoms with Gasteiger partial charge >= 0.3 is 5.97 Å². The van der Waals surface area contributed by atoms with Crippen molar-refractivity contribution in [2.24, 2.45) is 0 Å². The topological polar surface area (TPSA) is 88.6 Å². The van der Waals surface area contributed by atoms with Gasteiger partial charge in [-0.3, -0.25) is 0 Å². The minimum absolute atomic E-state index is 0.0123. The maximum Gasteiger partial charge on any atom is 0.349 e. The summed E-state index contributed by atoms with van der Waals surface area (Å²) in [5.41, 5.74) is 0. The molecule has 1 aliphatic heterocycles. The number of carbonyl (C=O) groups is 1. The van der Waals surface area contributed by atoms with Crippen LogP contribution in [0.15, 0.2) is 27.9 Å². The molecule has 1 fully saturated rings. The first-order valence-corrected chi connectivity index (χ1v) is 10.6. The summed E-state index contributed by atoms with van der Waals surface area (Å²) in [5.74, 6) is -0.635. The van der Waals surface area contributed by atoms with Crippen LogP contribution < -0.4 is 9.62 Å². The maximum atomic E-state index is 12.6. The molecule has 10 heteroatoms. The molecule has 0 spiro atoms. The number of nitrogens with one attached hydrogen (secondary N) is 1. The zero-order valence-corrected chi connectivity index (χ0v) is 15.4. The van der Waals surface area contributed by atoms with Crippen molar-refractivity contribution in [2.45, 2.75) is 23.8 Å². The molecule has 1 saturated heterocycles. The number of hydrogen-bond acceptors (Lipinski definition) is 8. The van der Waals surface area contributed by atoms with Gasteiger partial charge < -0.3 is 9.64 Å². The van der Waals surface area contributed by atoms with Crippen molar-refractivity contribution in [3.63, 3.8) is 0 Å². The van der Waals surface area contributed by atoms with E-state index in [0.717, 1.165) is 29.6 Å². The molecule has 130 valence electrons. The van der Waals surface area contributed by atoms with Crippen LogP contribution in [0.1, 0.15) is 22.5 Å². The molecule has 0 radical (unpaired) electrons. The minimum atomic E-state index is -3.75. The molecule has 0 aromatic carbocycles. The molecular weight excluding hydrogens is 370 g/mol. The highest BCUT2D eigenvalue weighted by Crippen LogP contribution is 2.25. The van der Waals surface area contributed by atoms with Crippen molar-refractivity contribution >= 4 is 43.8 Å². The van der Waals surface area contributed by atoms with E-state index in [4.69, 9.17) is 0 Å². The van der Waals surface area contributed by atoms with Gasteiger partial charge in [0, 0.05) is 30.7 Å². The summed E-state index contributed by atoms with van der Waals surface area (Å²) in [5, 5.41) is 4.46. The lowest BCUT2D eigenvalue weighted by Gasteiger charge is -2.31. The molecule has 1 aliphatic rings. The van der Waals surface area contributed by atoms with Crippen molar-refractivity contribution in [2.75, 3.05) is 25.1 Å². The van der Waals surface area contributed by atoms with Gasteiger partial charge in [0.25, 0.3) is 0 Å². The Kier molecular flexibility index (Phi) is 5.18. The quantitative estimate of drug-likeness (QED) is 0.789. The summed E-state index contributed by atoms with van der Waals surface area (Å²) in [6.45, 7) is 1.49. The van der Waals surface area contributed by atoms with Crippen molar-refractivity contribution in [1.82, 2.24) is 9.71 Å². The number of piperidine rings is 1. The van der Waals surface area contributed by atoms with E-state index in [0.29, 0.717) is 12.8 Å². The monoisotopic (exact) mass is 387 g/mol. The van der Waals surface area contributed by atoms with Gasteiger partial charge in [0.05, 0.1) is 7.11 Å². The molecule has 0 amide bonds. The standard InChI is InChI=1S/C14H17N3O4S3/c1-21-13(18)12-11(4-8-22-12)24(19,20)16-10-2-6-17(7-3-10)14-15-5-9-23-14/h4-5,8-10,16H,2-3,6-7H2,1H3. The van der Waals surface area contributed by atoms with Crippen LogP contribution in [-0.4, -0.2) is 45.6 Å².